The summed E-state index contributed by atoms with van der Waals surface area (Å²) in [6.45, 7) is 0.792. The largest absolute Gasteiger partial charge is 0.477 e. The average molecular weight is 430 g/mol. The maximum atomic E-state index is 12.0. The van der Waals surface area contributed by atoms with Gasteiger partial charge in [0, 0.05) is 25.2 Å². The van der Waals surface area contributed by atoms with Crippen LogP contribution in [0.3, 0.4) is 0 Å². The van der Waals surface area contributed by atoms with E-state index in [9.17, 15) is 19.2 Å². The molecule has 1 unspecified atom stereocenters. The summed E-state index contributed by atoms with van der Waals surface area (Å²) in [5, 5.41) is 2.97. The second kappa shape index (κ2) is 8.94. The van der Waals surface area contributed by atoms with E-state index >= 15 is 0 Å². The van der Waals surface area contributed by atoms with Crippen molar-refractivity contribution in [2.45, 2.75) is 13.0 Å². The average Bonchev–Trinajstić information content (AvgIpc) is 2.64. The first-order valence-corrected chi connectivity index (χ1v) is 8.71. The molecule has 150 valence electrons. The molecule has 2 rings (SSSR count). The van der Waals surface area contributed by atoms with E-state index in [1.165, 1.54) is 33.2 Å². The van der Waals surface area contributed by atoms with Crippen molar-refractivity contribution in [2.24, 2.45) is 14.1 Å². The van der Waals surface area contributed by atoms with E-state index in [1.54, 1.807) is 6.07 Å². The van der Waals surface area contributed by atoms with E-state index in [4.69, 9.17) is 32.7 Å². The van der Waals surface area contributed by atoms with Crippen molar-refractivity contribution in [2.75, 3.05) is 11.9 Å². The Labute approximate surface area is 169 Å². The summed E-state index contributed by atoms with van der Waals surface area (Å²) in [7, 11) is 2.70. The molecule has 0 aliphatic rings. The van der Waals surface area contributed by atoms with Crippen molar-refractivity contribution < 1.29 is 19.1 Å². The zero-order valence-corrected chi connectivity index (χ0v) is 16.7. The predicted molar refractivity (Wildman–Crippen MR) is 103 cm³/mol. The Kier molecular flexibility index (Phi) is 6.87. The molecule has 1 atom stereocenters. The van der Waals surface area contributed by atoms with Crippen LogP contribution in [0.15, 0.2) is 33.9 Å². The molecule has 0 saturated carbocycles. The van der Waals surface area contributed by atoms with Crippen LogP contribution in [0.5, 0.6) is 5.75 Å². The number of carbonyl (C=O) groups is 2. The number of ether oxygens (including phenoxy) is 2. The van der Waals surface area contributed by atoms with Crippen LogP contribution in [0.2, 0.25) is 10.0 Å². The van der Waals surface area contributed by atoms with Gasteiger partial charge in [-0.2, -0.15) is 0 Å². The summed E-state index contributed by atoms with van der Waals surface area (Å²) in [5.74, 6) is -1.33. The van der Waals surface area contributed by atoms with E-state index in [-0.39, 0.29) is 16.6 Å². The highest BCUT2D eigenvalue weighted by molar-refractivity contribution is 6.35. The Morgan fingerprint density at radius 2 is 1.82 bits per heavy atom. The molecule has 1 N–H and O–H groups in total. The van der Waals surface area contributed by atoms with Crippen LogP contribution in [0, 0.1) is 0 Å². The molecule has 11 heteroatoms. The molecule has 2 aromatic rings. The van der Waals surface area contributed by atoms with Gasteiger partial charge in [-0.25, -0.2) is 9.59 Å². The first kappa shape index (κ1) is 21.5. The van der Waals surface area contributed by atoms with Gasteiger partial charge in [0.25, 0.3) is 11.5 Å². The van der Waals surface area contributed by atoms with Crippen LogP contribution in [0.4, 0.5) is 5.82 Å². The van der Waals surface area contributed by atoms with Gasteiger partial charge in [-0.15, -0.1) is 0 Å². The van der Waals surface area contributed by atoms with Crippen LogP contribution < -0.4 is 21.3 Å². The Morgan fingerprint density at radius 3 is 2.46 bits per heavy atom. The lowest BCUT2D eigenvalue weighted by Gasteiger charge is -2.15. The smallest absolute Gasteiger partial charge is 0.347 e. The lowest BCUT2D eigenvalue weighted by molar-refractivity contribution is -0.153. The minimum absolute atomic E-state index is 0.0219. The van der Waals surface area contributed by atoms with Crippen molar-refractivity contribution in [3.8, 4) is 5.75 Å². The Bertz CT molecular complexity index is 1030. The molecule has 1 amide bonds. The zero-order valence-electron chi connectivity index (χ0n) is 15.2. The van der Waals surface area contributed by atoms with Crippen LogP contribution in [-0.4, -0.2) is 33.7 Å². The standard InChI is InChI=1S/C17H17Cl2N3O6/c1-9(28-12-5-4-10(18)6-11(12)19)16(25)27-8-14(23)20-13-7-15(24)22(3)17(26)21(13)2/h4-7,9H,8H2,1-3H3,(H,20,23). The first-order chi connectivity index (χ1) is 13.1. The number of hydrogen-bond acceptors (Lipinski definition) is 6. The second-order valence-corrected chi connectivity index (χ2v) is 6.60. The van der Waals surface area contributed by atoms with E-state index in [0.29, 0.717) is 5.02 Å². The van der Waals surface area contributed by atoms with Crippen molar-refractivity contribution >= 4 is 40.9 Å². The molecule has 0 aliphatic heterocycles. The fourth-order valence-corrected chi connectivity index (χ4v) is 2.55. The molecular formula is C17H17Cl2N3O6. The van der Waals surface area contributed by atoms with Gasteiger partial charge in [-0.05, 0) is 25.1 Å². The zero-order chi connectivity index (χ0) is 21.0. The molecule has 9 nitrogen and oxygen atoms in total. The number of nitrogens with one attached hydrogen (secondary N) is 1. The fraction of sp³-hybridized carbons (Fsp3) is 0.294. The third-order valence-electron chi connectivity index (χ3n) is 3.67. The predicted octanol–water partition coefficient (Wildman–Crippen LogP) is 1.34. The van der Waals surface area contributed by atoms with Crippen LogP contribution in [0.25, 0.3) is 0 Å². The Balaban J connectivity index is 1.94. The van der Waals surface area contributed by atoms with Gasteiger partial charge in [-0.3, -0.25) is 18.7 Å². The molecule has 1 aromatic carbocycles. The van der Waals surface area contributed by atoms with Gasteiger partial charge in [0.05, 0.1) is 5.02 Å². The SMILES string of the molecule is CC(Oc1ccc(Cl)cc1Cl)C(=O)OCC(=O)Nc1cc(=O)n(C)c(=O)n1C. The minimum Gasteiger partial charge on any atom is -0.477 e. The Morgan fingerprint density at radius 1 is 1.14 bits per heavy atom. The van der Waals surface area contributed by atoms with Crippen molar-refractivity contribution in [3.63, 3.8) is 0 Å². The second-order valence-electron chi connectivity index (χ2n) is 5.76. The summed E-state index contributed by atoms with van der Waals surface area (Å²) in [5.41, 5.74) is -1.20. The number of benzene rings is 1. The van der Waals surface area contributed by atoms with Gasteiger partial charge < -0.3 is 14.8 Å². The number of hydrogen-bond donors (Lipinski definition) is 1. The minimum atomic E-state index is -1.04. The van der Waals surface area contributed by atoms with E-state index in [2.05, 4.69) is 5.32 Å². The number of carbonyl (C=O) groups excluding carboxylic acids is 2. The third kappa shape index (κ3) is 5.14. The summed E-state index contributed by atoms with van der Waals surface area (Å²) >= 11 is 11.8. The van der Waals surface area contributed by atoms with Gasteiger partial charge in [-0.1, -0.05) is 23.2 Å². The van der Waals surface area contributed by atoms with Crippen molar-refractivity contribution in [1.82, 2.24) is 9.13 Å². The van der Waals surface area contributed by atoms with Gasteiger partial charge in [0.1, 0.15) is 11.6 Å². The Hall–Kier alpha value is -2.78. The molecule has 1 heterocycles. The topological polar surface area (TPSA) is 109 Å². The normalized spacial score (nSPS) is 11.6. The van der Waals surface area contributed by atoms with Gasteiger partial charge >= 0.3 is 11.7 Å². The number of esters is 1. The molecule has 1 aromatic heterocycles. The lowest BCUT2D eigenvalue weighted by Crippen LogP contribution is -2.38. The first-order valence-electron chi connectivity index (χ1n) is 7.95. The van der Waals surface area contributed by atoms with Crippen molar-refractivity contribution in [1.29, 1.82) is 0 Å². The number of amides is 1. The number of nitrogens with zero attached hydrogens (tertiary/aromatic N) is 2. The van der Waals surface area contributed by atoms with E-state index in [1.807, 2.05) is 0 Å². The number of aromatic nitrogens is 2. The highest BCUT2D eigenvalue weighted by atomic mass is 35.5. The monoisotopic (exact) mass is 429 g/mol. The molecule has 0 radical (unpaired) electrons. The summed E-state index contributed by atoms with van der Waals surface area (Å²) in [6, 6.07) is 5.58. The van der Waals surface area contributed by atoms with E-state index < -0.39 is 35.8 Å². The quantitative estimate of drug-likeness (QED) is 0.693. The molecule has 0 saturated heterocycles. The molecule has 0 aliphatic carbocycles. The lowest BCUT2D eigenvalue weighted by atomic mass is 10.3. The summed E-state index contributed by atoms with van der Waals surface area (Å²) in [6.07, 6.45) is -1.04. The summed E-state index contributed by atoms with van der Waals surface area (Å²) in [4.78, 5) is 47.4. The number of rotatable bonds is 6. The van der Waals surface area contributed by atoms with Crippen LogP contribution in [0.1, 0.15) is 6.92 Å². The molecule has 28 heavy (non-hydrogen) atoms. The fourth-order valence-electron chi connectivity index (χ4n) is 2.10. The van der Waals surface area contributed by atoms with Gasteiger partial charge in [0.15, 0.2) is 12.7 Å². The van der Waals surface area contributed by atoms with E-state index in [0.717, 1.165) is 15.2 Å². The molecule has 0 spiro atoms. The van der Waals surface area contributed by atoms with Crippen LogP contribution >= 0.6 is 23.2 Å². The highest BCUT2D eigenvalue weighted by Gasteiger charge is 2.19. The highest BCUT2D eigenvalue weighted by Crippen LogP contribution is 2.28. The van der Waals surface area contributed by atoms with Gasteiger partial charge in [0.2, 0.25) is 0 Å². The maximum Gasteiger partial charge on any atom is 0.347 e. The number of halogens is 2. The van der Waals surface area contributed by atoms with Crippen molar-refractivity contribution in [3.05, 3.63) is 55.1 Å². The summed E-state index contributed by atoms with van der Waals surface area (Å²) < 4.78 is 12.2. The van der Waals surface area contributed by atoms with Crippen LogP contribution in [-0.2, 0) is 28.4 Å². The molecule has 0 bridgehead atoms. The third-order valence-corrected chi connectivity index (χ3v) is 4.20. The maximum absolute atomic E-state index is 12.0. The molecule has 0 fully saturated rings. The number of anilines is 1. The molecular weight excluding hydrogens is 413 g/mol.